The summed E-state index contributed by atoms with van der Waals surface area (Å²) >= 11 is 0. The van der Waals surface area contributed by atoms with Crippen LogP contribution in [0.2, 0.25) is 0 Å². The minimum absolute atomic E-state index is 0.0682. The van der Waals surface area contributed by atoms with Crippen molar-refractivity contribution in [1.29, 1.82) is 0 Å². The number of sulfonamides is 1. The zero-order valence-electron chi connectivity index (χ0n) is 22.7. The molecule has 39 heavy (non-hydrogen) atoms. The molecule has 0 aliphatic carbocycles. The molecule has 10 heteroatoms. The molecular formula is C29H32FN3O5S. The fourth-order valence-electron chi connectivity index (χ4n) is 4.14. The summed E-state index contributed by atoms with van der Waals surface area (Å²) in [6, 6.07) is 14.2. The molecule has 0 radical (unpaired) electrons. The van der Waals surface area contributed by atoms with Gasteiger partial charge >= 0.3 is 0 Å². The summed E-state index contributed by atoms with van der Waals surface area (Å²) in [4.78, 5) is 4.53. The van der Waals surface area contributed by atoms with Crippen LogP contribution in [0.3, 0.4) is 0 Å². The first kappa shape index (κ1) is 28.3. The molecule has 4 rings (SSSR count). The van der Waals surface area contributed by atoms with Gasteiger partial charge in [-0.1, -0.05) is 35.5 Å². The maximum Gasteiger partial charge on any atom is 0.263 e. The lowest BCUT2D eigenvalue weighted by molar-refractivity contribution is 0.107. The first-order valence-corrected chi connectivity index (χ1v) is 14.0. The van der Waals surface area contributed by atoms with Crippen molar-refractivity contribution in [2.24, 2.45) is 0 Å². The SMILES string of the molecule is Cc1cc(OCc2ccc(-c3ccccc3S(=O)(=O)Nc3noc(C)c3C)c(COCCF)c2)c(C)c(C)n1. The van der Waals surface area contributed by atoms with Gasteiger partial charge in [-0.3, -0.25) is 9.71 Å². The van der Waals surface area contributed by atoms with Gasteiger partial charge in [-0.05, 0) is 63.4 Å². The molecule has 1 N–H and O–H groups in total. The molecule has 0 spiro atoms. The molecule has 0 aliphatic heterocycles. The monoisotopic (exact) mass is 553 g/mol. The Morgan fingerprint density at radius 2 is 1.72 bits per heavy atom. The topological polar surface area (TPSA) is 104 Å². The lowest BCUT2D eigenvalue weighted by Gasteiger charge is -2.17. The molecule has 0 fully saturated rings. The lowest BCUT2D eigenvalue weighted by atomic mass is 9.98. The van der Waals surface area contributed by atoms with E-state index in [0.717, 1.165) is 28.3 Å². The van der Waals surface area contributed by atoms with E-state index >= 15 is 0 Å². The van der Waals surface area contributed by atoms with E-state index < -0.39 is 16.7 Å². The first-order chi connectivity index (χ1) is 18.6. The number of nitrogens with one attached hydrogen (secondary N) is 1. The van der Waals surface area contributed by atoms with Crippen LogP contribution in [0.15, 0.2) is 57.9 Å². The van der Waals surface area contributed by atoms with E-state index in [2.05, 4.69) is 14.9 Å². The fraction of sp³-hybridized carbons (Fsp3) is 0.310. The van der Waals surface area contributed by atoms with Gasteiger partial charge in [0.15, 0.2) is 5.82 Å². The maximum absolute atomic E-state index is 13.4. The van der Waals surface area contributed by atoms with Crippen molar-refractivity contribution >= 4 is 15.8 Å². The molecular weight excluding hydrogens is 521 g/mol. The van der Waals surface area contributed by atoms with Crippen molar-refractivity contribution in [2.45, 2.75) is 52.7 Å². The number of aryl methyl sites for hydroxylation is 3. The van der Waals surface area contributed by atoms with Crippen LogP contribution in [-0.2, 0) is 28.0 Å². The summed E-state index contributed by atoms with van der Waals surface area (Å²) in [5.74, 6) is 1.41. The zero-order valence-corrected chi connectivity index (χ0v) is 23.5. The van der Waals surface area contributed by atoms with Gasteiger partial charge in [0.25, 0.3) is 10.0 Å². The summed E-state index contributed by atoms with van der Waals surface area (Å²) in [5.41, 5.74) is 6.04. The minimum Gasteiger partial charge on any atom is -0.488 e. The normalized spacial score (nSPS) is 11.5. The molecule has 4 aromatic rings. The molecule has 0 saturated carbocycles. The predicted molar refractivity (Wildman–Crippen MR) is 147 cm³/mol. The highest BCUT2D eigenvalue weighted by atomic mass is 32.2. The van der Waals surface area contributed by atoms with Crippen LogP contribution in [-0.4, -0.2) is 31.8 Å². The maximum atomic E-state index is 13.4. The van der Waals surface area contributed by atoms with E-state index in [1.54, 1.807) is 32.0 Å². The Balaban J connectivity index is 1.69. The van der Waals surface area contributed by atoms with Crippen molar-refractivity contribution in [3.05, 3.63) is 87.9 Å². The van der Waals surface area contributed by atoms with Gasteiger partial charge in [0.1, 0.15) is 24.8 Å². The highest BCUT2D eigenvalue weighted by Gasteiger charge is 2.23. The van der Waals surface area contributed by atoms with Gasteiger partial charge in [-0.2, -0.15) is 0 Å². The number of anilines is 1. The molecule has 0 aliphatic rings. The number of benzene rings is 2. The molecule has 0 bridgehead atoms. The molecule has 8 nitrogen and oxygen atoms in total. The van der Waals surface area contributed by atoms with Gasteiger partial charge < -0.3 is 14.0 Å². The van der Waals surface area contributed by atoms with Gasteiger partial charge in [0, 0.05) is 34.1 Å². The van der Waals surface area contributed by atoms with E-state index in [1.807, 2.05) is 45.0 Å². The Labute approximate surface area is 228 Å². The highest BCUT2D eigenvalue weighted by molar-refractivity contribution is 7.92. The third kappa shape index (κ3) is 6.46. The standard InChI is InChI=1S/C29H32FN3O5S/c1-18-14-27(19(2)21(4)31-18)37-16-23-10-11-25(24(15-23)17-36-13-12-30)26-8-6-7-9-28(26)39(34,35)33-29-20(3)22(5)38-32-29/h6-11,14-15H,12-13,16-17H2,1-5H3,(H,32,33). The number of alkyl halides is 1. The number of aromatic nitrogens is 2. The van der Waals surface area contributed by atoms with E-state index in [4.69, 9.17) is 14.0 Å². The third-order valence-corrected chi connectivity index (χ3v) is 7.89. The molecule has 2 heterocycles. The van der Waals surface area contributed by atoms with Crippen LogP contribution in [0.4, 0.5) is 10.2 Å². The van der Waals surface area contributed by atoms with Gasteiger partial charge in [-0.25, -0.2) is 12.8 Å². The van der Waals surface area contributed by atoms with Crippen molar-refractivity contribution < 1.29 is 26.8 Å². The van der Waals surface area contributed by atoms with E-state index in [9.17, 15) is 12.8 Å². The van der Waals surface area contributed by atoms with E-state index in [-0.39, 0.29) is 30.5 Å². The van der Waals surface area contributed by atoms with E-state index in [1.165, 1.54) is 6.07 Å². The summed E-state index contributed by atoms with van der Waals surface area (Å²) < 4.78 is 59.0. The quantitative estimate of drug-likeness (QED) is 0.222. The van der Waals surface area contributed by atoms with E-state index in [0.29, 0.717) is 28.0 Å². The summed E-state index contributed by atoms with van der Waals surface area (Å²) in [6.45, 7) is 8.95. The Morgan fingerprint density at radius 1 is 0.949 bits per heavy atom. The molecule has 2 aromatic carbocycles. The zero-order chi connectivity index (χ0) is 28.2. The Morgan fingerprint density at radius 3 is 2.44 bits per heavy atom. The summed E-state index contributed by atoms with van der Waals surface area (Å²) in [6.07, 6.45) is 0. The number of halogens is 1. The number of ether oxygens (including phenoxy) is 2. The second kappa shape index (κ2) is 12.0. The molecule has 0 unspecified atom stereocenters. The molecule has 206 valence electrons. The van der Waals surface area contributed by atoms with Crippen LogP contribution in [0.25, 0.3) is 11.1 Å². The molecule has 0 saturated heterocycles. The first-order valence-electron chi connectivity index (χ1n) is 12.5. The predicted octanol–water partition coefficient (Wildman–Crippen LogP) is 6.14. The van der Waals surface area contributed by atoms with Crippen LogP contribution in [0.1, 0.15) is 39.4 Å². The van der Waals surface area contributed by atoms with Crippen LogP contribution in [0, 0.1) is 34.6 Å². The number of hydrogen-bond donors (Lipinski definition) is 1. The molecule has 0 atom stereocenters. The third-order valence-electron chi connectivity index (χ3n) is 6.49. The molecule has 2 aromatic heterocycles. The average Bonchev–Trinajstić information content (AvgIpc) is 3.22. The van der Waals surface area contributed by atoms with Crippen molar-refractivity contribution in [2.75, 3.05) is 18.0 Å². The number of hydrogen-bond acceptors (Lipinski definition) is 7. The average molecular weight is 554 g/mol. The Bertz CT molecular complexity index is 1580. The van der Waals surface area contributed by atoms with Gasteiger partial charge in [0.2, 0.25) is 0 Å². The minimum atomic E-state index is -4.02. The highest BCUT2D eigenvalue weighted by Crippen LogP contribution is 2.33. The lowest BCUT2D eigenvalue weighted by Crippen LogP contribution is -2.15. The second-order valence-electron chi connectivity index (χ2n) is 9.31. The van der Waals surface area contributed by atoms with Crippen molar-refractivity contribution in [1.82, 2.24) is 10.1 Å². The summed E-state index contributed by atoms with van der Waals surface area (Å²) in [7, 11) is -4.02. The van der Waals surface area contributed by atoms with Crippen molar-refractivity contribution in [3.63, 3.8) is 0 Å². The number of pyridine rings is 1. The Hall–Kier alpha value is -3.76. The smallest absolute Gasteiger partial charge is 0.263 e. The number of nitrogens with zero attached hydrogens (tertiary/aromatic N) is 2. The second-order valence-corrected chi connectivity index (χ2v) is 11.0. The van der Waals surface area contributed by atoms with Crippen LogP contribution in [0.5, 0.6) is 5.75 Å². The van der Waals surface area contributed by atoms with Gasteiger partial charge in [0.05, 0.1) is 18.1 Å². The van der Waals surface area contributed by atoms with Crippen LogP contribution >= 0.6 is 0 Å². The Kier molecular flexibility index (Phi) is 8.66. The molecule has 0 amide bonds. The fourth-order valence-corrected chi connectivity index (χ4v) is 5.42. The van der Waals surface area contributed by atoms with Crippen LogP contribution < -0.4 is 9.46 Å². The summed E-state index contributed by atoms with van der Waals surface area (Å²) in [5, 5.41) is 3.83. The largest absolute Gasteiger partial charge is 0.488 e. The number of rotatable bonds is 11. The van der Waals surface area contributed by atoms with Gasteiger partial charge in [-0.15, -0.1) is 0 Å². The van der Waals surface area contributed by atoms with Crippen molar-refractivity contribution in [3.8, 4) is 16.9 Å².